The van der Waals surface area contributed by atoms with Gasteiger partial charge in [0.25, 0.3) is 0 Å². The highest BCUT2D eigenvalue weighted by atomic mass is 127. The lowest BCUT2D eigenvalue weighted by Gasteiger charge is -2.25. The first-order valence-corrected chi connectivity index (χ1v) is 8.83. The Hall–Kier alpha value is -0.940. The van der Waals surface area contributed by atoms with E-state index in [-0.39, 0.29) is 29.9 Å². The molecule has 2 rings (SSSR count). The Bertz CT molecular complexity index is 503. The Balaban J connectivity index is 0.00000312. The zero-order chi connectivity index (χ0) is 17.2. The van der Waals surface area contributed by atoms with Crippen LogP contribution in [0.15, 0.2) is 9.52 Å². The minimum absolute atomic E-state index is 0. The van der Waals surface area contributed by atoms with Crippen molar-refractivity contribution in [3.63, 3.8) is 0 Å². The van der Waals surface area contributed by atoms with Gasteiger partial charge in [0.15, 0.2) is 11.8 Å². The minimum atomic E-state index is 0. The van der Waals surface area contributed by atoms with Crippen LogP contribution < -0.4 is 10.6 Å². The topological polar surface area (TPSA) is 87.8 Å². The van der Waals surface area contributed by atoms with Crippen LogP contribution in [0.3, 0.4) is 0 Å². The SMILES string of the molecule is CCNC(=NCCN1CCOCC1)NCCc1nc(C(C)C)no1.I. The fraction of sp³-hybridized carbons (Fsp3) is 0.812. The zero-order valence-electron chi connectivity index (χ0n) is 15.5. The lowest BCUT2D eigenvalue weighted by molar-refractivity contribution is 0.0394. The number of guanidine groups is 1. The normalized spacial score (nSPS) is 15.9. The molecular weight excluding hydrogens is 435 g/mol. The van der Waals surface area contributed by atoms with Crippen LogP contribution in [-0.2, 0) is 11.2 Å². The summed E-state index contributed by atoms with van der Waals surface area (Å²) in [5.41, 5.74) is 0. The van der Waals surface area contributed by atoms with Crippen molar-refractivity contribution >= 4 is 29.9 Å². The van der Waals surface area contributed by atoms with Gasteiger partial charge in [0, 0.05) is 45.1 Å². The molecule has 2 heterocycles. The summed E-state index contributed by atoms with van der Waals surface area (Å²) in [6.45, 7) is 13.1. The van der Waals surface area contributed by atoms with Gasteiger partial charge in [-0.05, 0) is 6.92 Å². The summed E-state index contributed by atoms with van der Waals surface area (Å²) in [6, 6.07) is 0. The van der Waals surface area contributed by atoms with E-state index < -0.39 is 0 Å². The van der Waals surface area contributed by atoms with Gasteiger partial charge in [0.2, 0.25) is 5.89 Å². The van der Waals surface area contributed by atoms with Gasteiger partial charge < -0.3 is 19.9 Å². The monoisotopic (exact) mass is 466 g/mol. The maximum absolute atomic E-state index is 5.36. The Morgan fingerprint density at radius 3 is 2.68 bits per heavy atom. The van der Waals surface area contributed by atoms with Gasteiger partial charge in [0.05, 0.1) is 19.8 Å². The lowest BCUT2D eigenvalue weighted by Crippen LogP contribution is -2.40. The second-order valence-corrected chi connectivity index (χ2v) is 6.09. The molecule has 2 N–H and O–H groups in total. The molecule has 0 spiro atoms. The summed E-state index contributed by atoms with van der Waals surface area (Å²) >= 11 is 0. The summed E-state index contributed by atoms with van der Waals surface area (Å²) in [6.07, 6.45) is 0.688. The maximum Gasteiger partial charge on any atom is 0.228 e. The second-order valence-electron chi connectivity index (χ2n) is 6.09. The summed E-state index contributed by atoms with van der Waals surface area (Å²) in [7, 11) is 0. The molecule has 1 saturated heterocycles. The number of hydrogen-bond acceptors (Lipinski definition) is 6. The first-order chi connectivity index (χ1) is 11.7. The second kappa shape index (κ2) is 12.4. The fourth-order valence-corrected chi connectivity index (χ4v) is 2.36. The molecule has 0 unspecified atom stereocenters. The summed E-state index contributed by atoms with van der Waals surface area (Å²) in [5.74, 6) is 2.54. The molecule has 1 aliphatic rings. The highest BCUT2D eigenvalue weighted by Crippen LogP contribution is 2.09. The van der Waals surface area contributed by atoms with E-state index in [9.17, 15) is 0 Å². The van der Waals surface area contributed by atoms with E-state index in [4.69, 9.17) is 9.26 Å². The van der Waals surface area contributed by atoms with E-state index in [1.54, 1.807) is 0 Å². The van der Waals surface area contributed by atoms with E-state index in [0.29, 0.717) is 18.9 Å². The molecule has 0 aromatic carbocycles. The Morgan fingerprint density at radius 2 is 2.04 bits per heavy atom. The highest BCUT2D eigenvalue weighted by molar-refractivity contribution is 14.0. The van der Waals surface area contributed by atoms with E-state index in [0.717, 1.165) is 57.7 Å². The van der Waals surface area contributed by atoms with Crippen molar-refractivity contribution in [1.82, 2.24) is 25.7 Å². The van der Waals surface area contributed by atoms with Crippen molar-refractivity contribution in [2.24, 2.45) is 4.99 Å². The number of ether oxygens (including phenoxy) is 1. The molecule has 0 bridgehead atoms. The van der Waals surface area contributed by atoms with Crippen molar-refractivity contribution < 1.29 is 9.26 Å². The molecular formula is C16H31IN6O2. The molecule has 1 fully saturated rings. The van der Waals surface area contributed by atoms with Crippen LogP contribution in [0.1, 0.15) is 38.4 Å². The van der Waals surface area contributed by atoms with Crippen LogP contribution in [0.2, 0.25) is 0 Å². The first kappa shape index (κ1) is 22.1. The number of rotatable bonds is 8. The Kier molecular flexibility index (Phi) is 11.0. The van der Waals surface area contributed by atoms with Crippen molar-refractivity contribution in [3.05, 3.63) is 11.7 Å². The van der Waals surface area contributed by atoms with Gasteiger partial charge in [-0.3, -0.25) is 9.89 Å². The quantitative estimate of drug-likeness (QED) is 0.339. The average Bonchev–Trinajstić information content (AvgIpc) is 3.05. The number of halogens is 1. The van der Waals surface area contributed by atoms with Crippen LogP contribution in [-0.4, -0.2) is 73.5 Å². The molecule has 0 amide bonds. The molecule has 0 atom stereocenters. The number of nitrogens with one attached hydrogen (secondary N) is 2. The fourth-order valence-electron chi connectivity index (χ4n) is 2.36. The van der Waals surface area contributed by atoms with Gasteiger partial charge in [-0.15, -0.1) is 24.0 Å². The molecule has 144 valence electrons. The van der Waals surface area contributed by atoms with Crippen molar-refractivity contribution in [1.29, 1.82) is 0 Å². The highest BCUT2D eigenvalue weighted by Gasteiger charge is 2.10. The van der Waals surface area contributed by atoms with Crippen LogP contribution in [0, 0.1) is 0 Å². The van der Waals surface area contributed by atoms with Gasteiger partial charge in [-0.25, -0.2) is 0 Å². The summed E-state index contributed by atoms with van der Waals surface area (Å²) in [4.78, 5) is 11.4. The van der Waals surface area contributed by atoms with Crippen LogP contribution in [0.4, 0.5) is 0 Å². The molecule has 1 aromatic rings. The van der Waals surface area contributed by atoms with Crippen LogP contribution in [0.5, 0.6) is 0 Å². The standard InChI is InChI=1S/C16H30N6O2.HI/c1-4-17-16(19-7-8-22-9-11-23-12-10-22)18-6-5-14-20-15(13(2)3)21-24-14;/h13H,4-12H2,1-3H3,(H2,17,18,19);1H. The number of aliphatic imine (C=N–C) groups is 1. The smallest absolute Gasteiger partial charge is 0.228 e. The molecule has 25 heavy (non-hydrogen) atoms. The molecule has 9 heteroatoms. The molecule has 0 saturated carbocycles. The predicted molar refractivity (Wildman–Crippen MR) is 109 cm³/mol. The van der Waals surface area contributed by atoms with Gasteiger partial charge >= 0.3 is 0 Å². The molecule has 1 aromatic heterocycles. The summed E-state index contributed by atoms with van der Waals surface area (Å²) < 4.78 is 10.6. The van der Waals surface area contributed by atoms with E-state index in [2.05, 4.69) is 51.4 Å². The van der Waals surface area contributed by atoms with E-state index in [1.165, 1.54) is 0 Å². The van der Waals surface area contributed by atoms with E-state index in [1.807, 2.05) is 0 Å². The molecule has 1 aliphatic heterocycles. The average molecular weight is 466 g/mol. The largest absolute Gasteiger partial charge is 0.379 e. The number of nitrogens with zero attached hydrogens (tertiary/aromatic N) is 4. The summed E-state index contributed by atoms with van der Waals surface area (Å²) in [5, 5.41) is 10.5. The minimum Gasteiger partial charge on any atom is -0.379 e. The number of aromatic nitrogens is 2. The van der Waals surface area contributed by atoms with Gasteiger partial charge in [-0.1, -0.05) is 19.0 Å². The maximum atomic E-state index is 5.36. The molecule has 0 aliphatic carbocycles. The number of morpholine rings is 1. The van der Waals surface area contributed by atoms with Crippen molar-refractivity contribution in [2.45, 2.75) is 33.1 Å². The van der Waals surface area contributed by atoms with Crippen LogP contribution in [0.25, 0.3) is 0 Å². The third-order valence-electron chi connectivity index (χ3n) is 3.77. The van der Waals surface area contributed by atoms with Crippen molar-refractivity contribution in [3.8, 4) is 0 Å². The third kappa shape index (κ3) is 8.32. The van der Waals surface area contributed by atoms with Gasteiger partial charge in [0.1, 0.15) is 0 Å². The third-order valence-corrected chi connectivity index (χ3v) is 3.77. The van der Waals surface area contributed by atoms with Gasteiger partial charge in [-0.2, -0.15) is 4.98 Å². The van der Waals surface area contributed by atoms with E-state index >= 15 is 0 Å². The van der Waals surface area contributed by atoms with Crippen LogP contribution >= 0.6 is 24.0 Å². The first-order valence-electron chi connectivity index (χ1n) is 8.83. The Labute approximate surface area is 167 Å². The number of hydrogen-bond donors (Lipinski definition) is 2. The molecule has 8 nitrogen and oxygen atoms in total. The Morgan fingerprint density at radius 1 is 1.28 bits per heavy atom. The zero-order valence-corrected chi connectivity index (χ0v) is 17.8. The molecule has 0 radical (unpaired) electrons. The van der Waals surface area contributed by atoms with Crippen molar-refractivity contribution in [2.75, 3.05) is 52.5 Å². The predicted octanol–water partition coefficient (Wildman–Crippen LogP) is 1.24. The lowest BCUT2D eigenvalue weighted by atomic mass is 10.2.